The third kappa shape index (κ3) is 4.19. The molecule has 1 N–H and O–H groups in total. The molecule has 26 heavy (non-hydrogen) atoms. The van der Waals surface area contributed by atoms with Gasteiger partial charge in [-0.3, -0.25) is 0 Å². The van der Waals surface area contributed by atoms with Gasteiger partial charge in [0.25, 0.3) is 0 Å². The van der Waals surface area contributed by atoms with Gasteiger partial charge in [0.15, 0.2) is 0 Å². The summed E-state index contributed by atoms with van der Waals surface area (Å²) in [6.07, 6.45) is 7.21. The number of hydrogen-bond donors (Lipinski definition) is 1. The van der Waals surface area contributed by atoms with Crippen molar-refractivity contribution in [2.45, 2.75) is 49.6 Å². The molecule has 0 radical (unpaired) electrons. The molecular formula is C17H21ClN4O3S. The maximum absolute atomic E-state index is 12.8. The van der Waals surface area contributed by atoms with Crippen LogP contribution in [0.15, 0.2) is 29.4 Å². The van der Waals surface area contributed by atoms with Crippen LogP contribution in [0.4, 0.5) is 0 Å². The van der Waals surface area contributed by atoms with Gasteiger partial charge in [0.2, 0.25) is 10.0 Å². The van der Waals surface area contributed by atoms with E-state index >= 15 is 0 Å². The molecule has 2 saturated carbocycles. The molecule has 0 unspecified atom stereocenters. The van der Waals surface area contributed by atoms with E-state index in [0.29, 0.717) is 35.2 Å². The highest BCUT2D eigenvalue weighted by atomic mass is 35.5. The highest BCUT2D eigenvalue weighted by Crippen LogP contribution is 2.35. The molecule has 4 rings (SSSR count). The number of hydrogen-bond acceptors (Lipinski definition) is 5. The lowest BCUT2D eigenvalue weighted by Crippen LogP contribution is -2.25. The van der Waals surface area contributed by atoms with Crippen molar-refractivity contribution in [3.63, 3.8) is 0 Å². The van der Waals surface area contributed by atoms with Crippen LogP contribution in [0.3, 0.4) is 0 Å². The maximum Gasteiger partial charge on any atom is 0.244 e. The number of halogens is 1. The topological polar surface area (TPSA) is 86.1 Å². The van der Waals surface area contributed by atoms with Crippen LogP contribution in [0.1, 0.15) is 44.0 Å². The average molecular weight is 397 g/mol. The summed E-state index contributed by atoms with van der Waals surface area (Å²) in [6.45, 7) is 0.581. The standard InChI is InChI=1S/C17H21ClN4O3S/c18-13-3-6-15(25-8-7-12-1-2-12)16(9-13)26(23,24)20-10-17-21-19-11-22(17)14-4-5-14/h3,6,9,11-12,14,20H,1-2,4-5,7-8,10H2. The van der Waals surface area contributed by atoms with Gasteiger partial charge in [0, 0.05) is 11.1 Å². The van der Waals surface area contributed by atoms with Gasteiger partial charge in [0.05, 0.1) is 13.2 Å². The van der Waals surface area contributed by atoms with Crippen LogP contribution in [0.2, 0.25) is 5.02 Å². The molecule has 2 fully saturated rings. The Labute approximate surface area is 157 Å². The van der Waals surface area contributed by atoms with Gasteiger partial charge in [-0.1, -0.05) is 24.4 Å². The van der Waals surface area contributed by atoms with Crippen molar-refractivity contribution in [1.82, 2.24) is 19.5 Å². The fourth-order valence-corrected chi connectivity index (χ4v) is 4.23. The zero-order valence-electron chi connectivity index (χ0n) is 14.3. The number of nitrogens with one attached hydrogen (secondary N) is 1. The van der Waals surface area contributed by atoms with Crippen molar-refractivity contribution in [2.24, 2.45) is 5.92 Å². The molecule has 1 aromatic heterocycles. The van der Waals surface area contributed by atoms with E-state index in [1.807, 2.05) is 4.57 Å². The molecule has 2 aliphatic rings. The van der Waals surface area contributed by atoms with Crippen molar-refractivity contribution in [3.8, 4) is 5.75 Å². The van der Waals surface area contributed by atoms with E-state index in [4.69, 9.17) is 16.3 Å². The average Bonchev–Trinajstić information content (AvgIpc) is 3.54. The van der Waals surface area contributed by atoms with Crippen molar-refractivity contribution in [2.75, 3.05) is 6.61 Å². The van der Waals surface area contributed by atoms with Gasteiger partial charge >= 0.3 is 0 Å². The SMILES string of the molecule is O=S(=O)(NCc1nncn1C1CC1)c1cc(Cl)ccc1OCCC1CC1. The molecule has 9 heteroatoms. The molecule has 1 heterocycles. The fourth-order valence-electron chi connectivity index (χ4n) is 2.84. The number of aromatic nitrogens is 3. The minimum atomic E-state index is -3.79. The molecule has 0 amide bonds. The molecule has 1 aromatic carbocycles. The van der Waals surface area contributed by atoms with Crippen molar-refractivity contribution in [3.05, 3.63) is 35.4 Å². The number of sulfonamides is 1. The molecule has 0 spiro atoms. The first-order chi connectivity index (χ1) is 12.5. The first-order valence-corrected chi connectivity index (χ1v) is 10.7. The Morgan fingerprint density at radius 1 is 1.27 bits per heavy atom. The summed E-state index contributed by atoms with van der Waals surface area (Å²) in [5.74, 6) is 1.65. The quantitative estimate of drug-likeness (QED) is 0.704. The summed E-state index contributed by atoms with van der Waals surface area (Å²) >= 11 is 6.02. The van der Waals surface area contributed by atoms with E-state index in [2.05, 4.69) is 14.9 Å². The predicted molar refractivity (Wildman–Crippen MR) is 96.6 cm³/mol. The summed E-state index contributed by atoms with van der Waals surface area (Å²) in [5.41, 5.74) is 0. The largest absolute Gasteiger partial charge is 0.492 e. The van der Waals surface area contributed by atoms with Crippen LogP contribution in [-0.2, 0) is 16.6 Å². The number of rotatable bonds is 9. The molecule has 2 aliphatic carbocycles. The third-order valence-corrected chi connectivity index (χ3v) is 6.34. The Morgan fingerprint density at radius 3 is 2.81 bits per heavy atom. The van der Waals surface area contributed by atoms with Crippen LogP contribution in [0.25, 0.3) is 0 Å². The Kier molecular flexibility index (Phi) is 4.90. The molecule has 7 nitrogen and oxygen atoms in total. The van der Waals surface area contributed by atoms with Crippen molar-refractivity contribution < 1.29 is 13.2 Å². The van der Waals surface area contributed by atoms with Gasteiger partial charge in [-0.25, -0.2) is 13.1 Å². The first-order valence-electron chi connectivity index (χ1n) is 8.83. The molecule has 0 aliphatic heterocycles. The summed E-state index contributed by atoms with van der Waals surface area (Å²) in [4.78, 5) is 0.0540. The second kappa shape index (κ2) is 7.17. The van der Waals surface area contributed by atoms with Crippen LogP contribution in [0, 0.1) is 5.92 Å². The monoisotopic (exact) mass is 396 g/mol. The van der Waals surface area contributed by atoms with Crippen molar-refractivity contribution >= 4 is 21.6 Å². The highest BCUT2D eigenvalue weighted by molar-refractivity contribution is 7.89. The van der Waals surface area contributed by atoms with Crippen molar-refractivity contribution in [1.29, 1.82) is 0 Å². The smallest absolute Gasteiger partial charge is 0.244 e. The van der Waals surface area contributed by atoms with E-state index in [9.17, 15) is 8.42 Å². The van der Waals surface area contributed by atoms with Gasteiger partial charge < -0.3 is 9.30 Å². The van der Waals surface area contributed by atoms with E-state index in [1.165, 1.54) is 18.9 Å². The summed E-state index contributed by atoms with van der Waals surface area (Å²) < 4.78 is 35.8. The molecule has 0 bridgehead atoms. The summed E-state index contributed by atoms with van der Waals surface area (Å²) in [5, 5.41) is 8.25. The fraction of sp³-hybridized carbons (Fsp3) is 0.529. The Hall–Kier alpha value is -1.64. The van der Waals surface area contributed by atoms with Crippen LogP contribution in [0.5, 0.6) is 5.75 Å². The molecule has 0 atom stereocenters. The summed E-state index contributed by atoms with van der Waals surface area (Å²) in [6, 6.07) is 5.05. The van der Waals surface area contributed by atoms with E-state index in [1.54, 1.807) is 18.5 Å². The lowest BCUT2D eigenvalue weighted by molar-refractivity contribution is 0.295. The van der Waals surface area contributed by atoms with E-state index in [0.717, 1.165) is 19.3 Å². The third-order valence-electron chi connectivity index (χ3n) is 4.68. The van der Waals surface area contributed by atoms with Gasteiger partial charge in [-0.2, -0.15) is 0 Å². The lowest BCUT2D eigenvalue weighted by Gasteiger charge is -2.13. The zero-order valence-corrected chi connectivity index (χ0v) is 15.8. The minimum absolute atomic E-state index is 0.0540. The van der Waals surface area contributed by atoms with E-state index < -0.39 is 10.0 Å². The molecule has 0 saturated heterocycles. The van der Waals surface area contributed by atoms with Gasteiger partial charge in [0.1, 0.15) is 22.8 Å². The Balaban J connectivity index is 1.48. The number of nitrogens with zero attached hydrogens (tertiary/aromatic N) is 3. The number of benzene rings is 1. The Morgan fingerprint density at radius 2 is 2.08 bits per heavy atom. The van der Waals surface area contributed by atoms with Gasteiger partial charge in [-0.15, -0.1) is 10.2 Å². The highest BCUT2D eigenvalue weighted by Gasteiger charge is 2.27. The molecule has 140 valence electrons. The zero-order chi connectivity index (χ0) is 18.1. The normalized spacial score (nSPS) is 17.4. The lowest BCUT2D eigenvalue weighted by atomic mass is 10.3. The maximum atomic E-state index is 12.8. The number of ether oxygens (including phenoxy) is 1. The first kappa shape index (κ1) is 17.8. The van der Waals surface area contributed by atoms with Crippen LogP contribution >= 0.6 is 11.6 Å². The second-order valence-electron chi connectivity index (χ2n) is 6.88. The van der Waals surface area contributed by atoms with Crippen LogP contribution in [-0.4, -0.2) is 29.8 Å². The van der Waals surface area contributed by atoms with Gasteiger partial charge in [-0.05, 0) is 43.4 Å². The molecule has 2 aromatic rings. The Bertz CT molecular complexity index is 891. The summed E-state index contributed by atoms with van der Waals surface area (Å²) in [7, 11) is -3.79. The minimum Gasteiger partial charge on any atom is -0.492 e. The molecular weight excluding hydrogens is 376 g/mol. The second-order valence-corrected chi connectivity index (χ2v) is 9.05. The van der Waals surface area contributed by atoms with Crippen LogP contribution < -0.4 is 9.46 Å². The van der Waals surface area contributed by atoms with E-state index in [-0.39, 0.29) is 11.4 Å². The predicted octanol–water partition coefficient (Wildman–Crippen LogP) is 2.92.